The summed E-state index contributed by atoms with van der Waals surface area (Å²) >= 11 is 0. The van der Waals surface area contributed by atoms with Crippen LogP contribution in [0.3, 0.4) is 0 Å². The van der Waals surface area contributed by atoms with Gasteiger partial charge in [0.2, 0.25) is 0 Å². The Morgan fingerprint density at radius 1 is 1.19 bits per heavy atom. The molecule has 4 nitrogen and oxygen atoms in total. The quantitative estimate of drug-likeness (QED) is 0.767. The third kappa shape index (κ3) is 2.18. The van der Waals surface area contributed by atoms with Gasteiger partial charge in [0, 0.05) is 10.9 Å². The first-order valence-corrected chi connectivity index (χ1v) is 6.68. The van der Waals surface area contributed by atoms with Crippen LogP contribution in [0.1, 0.15) is 27.4 Å². The number of aromatic nitrogens is 1. The Balaban J connectivity index is 2.37. The summed E-state index contributed by atoms with van der Waals surface area (Å²) < 4.78 is 5.52. The Bertz CT molecular complexity index is 862. The average Bonchev–Trinajstić information content (AvgIpc) is 2.77. The lowest BCUT2D eigenvalue weighted by atomic mass is 10.0. The van der Waals surface area contributed by atoms with Gasteiger partial charge >= 0.3 is 5.97 Å². The Hall–Kier alpha value is -2.62. The molecule has 0 radical (unpaired) electrons. The van der Waals surface area contributed by atoms with Crippen LogP contribution in [0.15, 0.2) is 34.7 Å². The van der Waals surface area contributed by atoms with Crippen molar-refractivity contribution in [2.75, 3.05) is 0 Å². The molecule has 0 saturated heterocycles. The van der Waals surface area contributed by atoms with Crippen LogP contribution in [0.4, 0.5) is 0 Å². The Labute approximate surface area is 122 Å². The highest BCUT2D eigenvalue weighted by atomic mass is 16.4. The van der Waals surface area contributed by atoms with Crippen molar-refractivity contribution in [1.29, 1.82) is 0 Å². The molecule has 3 rings (SSSR count). The van der Waals surface area contributed by atoms with Gasteiger partial charge in [-0.05, 0) is 38.5 Å². The van der Waals surface area contributed by atoms with E-state index in [1.54, 1.807) is 12.1 Å². The smallest absolute Gasteiger partial charge is 0.336 e. The summed E-state index contributed by atoms with van der Waals surface area (Å²) in [5, 5.41) is 10.1. The minimum Gasteiger partial charge on any atom is -0.478 e. The van der Waals surface area contributed by atoms with Gasteiger partial charge in [0.15, 0.2) is 0 Å². The van der Waals surface area contributed by atoms with Crippen LogP contribution < -0.4 is 0 Å². The third-order valence-corrected chi connectivity index (χ3v) is 3.59. The number of benzene rings is 1. The van der Waals surface area contributed by atoms with Crippen molar-refractivity contribution in [3.05, 3.63) is 53.0 Å². The molecule has 0 fully saturated rings. The van der Waals surface area contributed by atoms with Gasteiger partial charge in [0.05, 0.1) is 16.8 Å². The maximum atomic E-state index is 11.5. The van der Waals surface area contributed by atoms with Gasteiger partial charge < -0.3 is 9.52 Å². The van der Waals surface area contributed by atoms with Gasteiger partial charge in [-0.3, -0.25) is 0 Å². The summed E-state index contributed by atoms with van der Waals surface area (Å²) in [4.78, 5) is 16.2. The molecule has 1 aromatic carbocycles. The number of carbonyl (C=O) groups is 1. The van der Waals surface area contributed by atoms with Crippen LogP contribution in [0, 0.1) is 20.8 Å². The van der Waals surface area contributed by atoms with Crippen molar-refractivity contribution in [1.82, 2.24) is 4.98 Å². The van der Waals surface area contributed by atoms with Crippen LogP contribution in [-0.2, 0) is 0 Å². The maximum Gasteiger partial charge on any atom is 0.336 e. The van der Waals surface area contributed by atoms with E-state index in [1.807, 2.05) is 39.0 Å². The lowest BCUT2D eigenvalue weighted by Gasteiger charge is -2.08. The summed E-state index contributed by atoms with van der Waals surface area (Å²) in [5.41, 5.74) is 3.39. The summed E-state index contributed by atoms with van der Waals surface area (Å²) in [5.74, 6) is 0.572. The lowest BCUT2D eigenvalue weighted by Crippen LogP contribution is -2.01. The monoisotopic (exact) mass is 281 g/mol. The molecule has 0 aliphatic carbocycles. The number of fused-ring (bicyclic) bond motifs is 1. The van der Waals surface area contributed by atoms with Gasteiger partial charge in [0.1, 0.15) is 11.5 Å². The molecule has 4 heteroatoms. The number of nitrogens with zero attached hydrogens (tertiary/aromatic N) is 1. The van der Waals surface area contributed by atoms with Crippen molar-refractivity contribution in [2.45, 2.75) is 20.8 Å². The van der Waals surface area contributed by atoms with Crippen molar-refractivity contribution >= 4 is 16.9 Å². The molecule has 0 aliphatic rings. The molecule has 0 amide bonds. The second-order valence-corrected chi connectivity index (χ2v) is 5.16. The topological polar surface area (TPSA) is 63.3 Å². The largest absolute Gasteiger partial charge is 0.478 e. The van der Waals surface area contributed by atoms with E-state index in [9.17, 15) is 9.90 Å². The summed E-state index contributed by atoms with van der Waals surface area (Å²) in [7, 11) is 0. The van der Waals surface area contributed by atoms with E-state index in [4.69, 9.17) is 4.42 Å². The Morgan fingerprint density at radius 2 is 1.95 bits per heavy atom. The van der Waals surface area contributed by atoms with E-state index >= 15 is 0 Å². The van der Waals surface area contributed by atoms with Crippen LogP contribution in [0.25, 0.3) is 22.2 Å². The second kappa shape index (κ2) is 4.74. The first-order chi connectivity index (χ1) is 9.97. The standard InChI is InChI=1S/C17H15NO3/c1-9-5-4-6-12-14(17(19)20)8-15(18-16(9)12)13-7-10(2)21-11(13)3/h4-8H,1-3H3,(H,19,20). The minimum atomic E-state index is -0.952. The SMILES string of the molecule is Cc1cc(-c2cc(C(=O)O)c3cccc(C)c3n2)c(C)o1. The van der Waals surface area contributed by atoms with E-state index in [1.165, 1.54) is 0 Å². The number of aryl methyl sites for hydroxylation is 3. The summed E-state index contributed by atoms with van der Waals surface area (Å²) in [6.07, 6.45) is 0. The molecule has 2 aromatic heterocycles. The molecule has 0 aliphatic heterocycles. The molecule has 0 atom stereocenters. The second-order valence-electron chi connectivity index (χ2n) is 5.16. The van der Waals surface area contributed by atoms with Crippen molar-refractivity contribution in [3.8, 4) is 11.3 Å². The number of aromatic carboxylic acids is 1. The highest BCUT2D eigenvalue weighted by molar-refractivity contribution is 6.04. The van der Waals surface area contributed by atoms with Crippen LogP contribution >= 0.6 is 0 Å². The molecule has 0 saturated carbocycles. The molecular weight excluding hydrogens is 266 g/mol. The molecule has 21 heavy (non-hydrogen) atoms. The molecule has 0 unspecified atom stereocenters. The van der Waals surface area contributed by atoms with Gasteiger partial charge in [-0.1, -0.05) is 18.2 Å². The number of hydrogen-bond acceptors (Lipinski definition) is 3. The predicted octanol–water partition coefficient (Wildman–Crippen LogP) is 4.12. The Kier molecular flexibility index (Phi) is 3.01. The van der Waals surface area contributed by atoms with Gasteiger partial charge in [-0.25, -0.2) is 9.78 Å². The number of pyridine rings is 1. The first-order valence-electron chi connectivity index (χ1n) is 6.68. The zero-order valence-corrected chi connectivity index (χ0v) is 12.1. The molecule has 1 N–H and O–H groups in total. The fourth-order valence-electron chi connectivity index (χ4n) is 2.59. The van der Waals surface area contributed by atoms with E-state index in [2.05, 4.69) is 4.98 Å². The van der Waals surface area contributed by atoms with Crippen molar-refractivity contribution < 1.29 is 14.3 Å². The maximum absolute atomic E-state index is 11.5. The lowest BCUT2D eigenvalue weighted by molar-refractivity contribution is 0.0699. The van der Waals surface area contributed by atoms with E-state index in [0.29, 0.717) is 16.6 Å². The number of hydrogen-bond donors (Lipinski definition) is 1. The van der Waals surface area contributed by atoms with Gasteiger partial charge in [-0.15, -0.1) is 0 Å². The highest BCUT2D eigenvalue weighted by Gasteiger charge is 2.16. The van der Waals surface area contributed by atoms with Crippen LogP contribution in [0.5, 0.6) is 0 Å². The molecule has 0 spiro atoms. The fourth-order valence-corrected chi connectivity index (χ4v) is 2.59. The van der Waals surface area contributed by atoms with Crippen molar-refractivity contribution in [2.24, 2.45) is 0 Å². The number of rotatable bonds is 2. The Morgan fingerprint density at radius 3 is 2.57 bits per heavy atom. The van der Waals surface area contributed by atoms with E-state index in [0.717, 1.165) is 22.6 Å². The summed E-state index contributed by atoms with van der Waals surface area (Å²) in [6.45, 7) is 5.64. The van der Waals surface area contributed by atoms with Gasteiger partial charge in [0.25, 0.3) is 0 Å². The normalized spacial score (nSPS) is 11.0. The number of furan rings is 1. The number of carboxylic acids is 1. The van der Waals surface area contributed by atoms with Crippen LogP contribution in [0.2, 0.25) is 0 Å². The van der Waals surface area contributed by atoms with Crippen molar-refractivity contribution in [3.63, 3.8) is 0 Å². The van der Waals surface area contributed by atoms with E-state index < -0.39 is 5.97 Å². The molecular formula is C17H15NO3. The molecule has 3 aromatic rings. The van der Waals surface area contributed by atoms with Gasteiger partial charge in [-0.2, -0.15) is 0 Å². The predicted molar refractivity (Wildman–Crippen MR) is 80.6 cm³/mol. The number of carboxylic acid groups (broad SMARTS) is 1. The highest BCUT2D eigenvalue weighted by Crippen LogP contribution is 2.30. The zero-order valence-electron chi connectivity index (χ0n) is 12.1. The van der Waals surface area contributed by atoms with Crippen LogP contribution in [-0.4, -0.2) is 16.1 Å². The first kappa shape index (κ1) is 13.4. The number of para-hydroxylation sites is 1. The third-order valence-electron chi connectivity index (χ3n) is 3.59. The molecule has 0 bridgehead atoms. The minimum absolute atomic E-state index is 0.261. The average molecular weight is 281 g/mol. The molecule has 2 heterocycles. The molecule has 106 valence electrons. The summed E-state index contributed by atoms with van der Waals surface area (Å²) in [6, 6.07) is 9.06. The van der Waals surface area contributed by atoms with E-state index in [-0.39, 0.29) is 5.56 Å². The zero-order chi connectivity index (χ0) is 15.1. The fraction of sp³-hybridized carbons (Fsp3) is 0.176.